The standard InChI is InChI=1S/C33H35F2N3OS/c1-23(16-17-40-3)37-33(39)32-19-25(5-9-27(32)8-4-24-6-12-29(34)13-7-24)18-28(20-31-21-36-22-38(31)2)26-10-14-30(35)15-11-26/h5-7,9-15,18-19,21-23H,4,8,16-17,20H2,1-3H3,(H,37,39)/b28-18-/t23-/m1/s1. The third-order valence-electron chi connectivity index (χ3n) is 6.95. The van der Waals surface area contributed by atoms with Crippen molar-refractivity contribution in [2.75, 3.05) is 12.0 Å². The minimum Gasteiger partial charge on any atom is -0.350 e. The van der Waals surface area contributed by atoms with Gasteiger partial charge in [-0.25, -0.2) is 13.8 Å². The summed E-state index contributed by atoms with van der Waals surface area (Å²) in [4.78, 5) is 17.7. The quantitative estimate of drug-likeness (QED) is 0.188. The lowest BCUT2D eigenvalue weighted by atomic mass is 9.94. The fourth-order valence-electron chi connectivity index (χ4n) is 4.56. The summed E-state index contributed by atoms with van der Waals surface area (Å²) in [6.07, 6.45) is 10.5. The minimum atomic E-state index is -0.288. The lowest BCUT2D eigenvalue weighted by Crippen LogP contribution is -2.33. The van der Waals surface area contributed by atoms with E-state index in [4.69, 9.17) is 0 Å². The smallest absolute Gasteiger partial charge is 0.251 e. The number of allylic oxidation sites excluding steroid dienone is 1. The molecule has 40 heavy (non-hydrogen) atoms. The summed E-state index contributed by atoms with van der Waals surface area (Å²) < 4.78 is 29.0. The van der Waals surface area contributed by atoms with Gasteiger partial charge in [-0.15, -0.1) is 0 Å². The Bertz CT molecular complexity index is 1450. The van der Waals surface area contributed by atoms with E-state index in [1.807, 2.05) is 42.9 Å². The Morgan fingerprint density at radius 1 is 1.02 bits per heavy atom. The molecule has 4 rings (SSSR count). The van der Waals surface area contributed by atoms with Crippen LogP contribution in [0.5, 0.6) is 0 Å². The molecule has 1 amide bonds. The Kier molecular flexibility index (Phi) is 10.3. The number of halogens is 2. The molecule has 1 aromatic heterocycles. The molecule has 0 spiro atoms. The van der Waals surface area contributed by atoms with Crippen molar-refractivity contribution in [2.45, 2.75) is 38.6 Å². The number of amides is 1. The zero-order valence-electron chi connectivity index (χ0n) is 23.2. The van der Waals surface area contributed by atoms with Gasteiger partial charge in [-0.1, -0.05) is 42.5 Å². The summed E-state index contributed by atoms with van der Waals surface area (Å²) in [6.45, 7) is 2.02. The molecule has 0 aliphatic carbocycles. The van der Waals surface area contributed by atoms with Gasteiger partial charge in [0, 0.05) is 37.0 Å². The first-order valence-corrected chi connectivity index (χ1v) is 14.8. The van der Waals surface area contributed by atoms with Gasteiger partial charge in [-0.05, 0) is 96.4 Å². The molecule has 0 saturated carbocycles. The molecule has 208 valence electrons. The highest BCUT2D eigenvalue weighted by Crippen LogP contribution is 2.25. The van der Waals surface area contributed by atoms with E-state index in [1.54, 1.807) is 42.4 Å². The second-order valence-corrected chi connectivity index (χ2v) is 11.0. The Labute approximate surface area is 239 Å². The first-order chi connectivity index (χ1) is 19.3. The highest BCUT2D eigenvalue weighted by atomic mass is 32.2. The monoisotopic (exact) mass is 559 g/mol. The van der Waals surface area contributed by atoms with Gasteiger partial charge in [0.2, 0.25) is 0 Å². The molecule has 1 N–H and O–H groups in total. The third-order valence-corrected chi connectivity index (χ3v) is 7.60. The van der Waals surface area contributed by atoms with Crippen LogP contribution in [0.15, 0.2) is 79.3 Å². The molecule has 0 unspecified atom stereocenters. The lowest BCUT2D eigenvalue weighted by molar-refractivity contribution is 0.0938. The van der Waals surface area contributed by atoms with Crippen LogP contribution in [-0.2, 0) is 26.3 Å². The van der Waals surface area contributed by atoms with Gasteiger partial charge >= 0.3 is 0 Å². The van der Waals surface area contributed by atoms with Crippen molar-refractivity contribution in [1.29, 1.82) is 0 Å². The lowest BCUT2D eigenvalue weighted by Gasteiger charge is -2.17. The molecular formula is C33H35F2N3OS. The highest BCUT2D eigenvalue weighted by molar-refractivity contribution is 7.98. The van der Waals surface area contributed by atoms with E-state index in [-0.39, 0.29) is 23.6 Å². The normalized spacial score (nSPS) is 12.4. The van der Waals surface area contributed by atoms with Crippen molar-refractivity contribution >= 4 is 29.3 Å². The van der Waals surface area contributed by atoms with Crippen LogP contribution in [0, 0.1) is 11.6 Å². The Balaban J connectivity index is 1.68. The molecular weight excluding hydrogens is 524 g/mol. The van der Waals surface area contributed by atoms with Crippen LogP contribution in [0.2, 0.25) is 0 Å². The van der Waals surface area contributed by atoms with Crippen LogP contribution in [0.4, 0.5) is 8.78 Å². The number of hydrogen-bond acceptors (Lipinski definition) is 3. The van der Waals surface area contributed by atoms with E-state index >= 15 is 0 Å². The number of nitrogens with one attached hydrogen (secondary N) is 1. The zero-order valence-corrected chi connectivity index (χ0v) is 24.0. The predicted molar refractivity (Wildman–Crippen MR) is 161 cm³/mol. The SMILES string of the molecule is CSCC[C@@H](C)NC(=O)c1cc(/C=C(/Cc2cncn2C)c2ccc(F)cc2)ccc1CCc1ccc(F)cc1. The van der Waals surface area contributed by atoms with Crippen LogP contribution in [0.1, 0.15) is 51.7 Å². The molecule has 0 saturated heterocycles. The van der Waals surface area contributed by atoms with Gasteiger partial charge in [0.25, 0.3) is 5.91 Å². The van der Waals surface area contributed by atoms with Crippen LogP contribution in [0.25, 0.3) is 11.6 Å². The van der Waals surface area contributed by atoms with Crippen LogP contribution in [0.3, 0.4) is 0 Å². The Morgan fingerprint density at radius 2 is 1.73 bits per heavy atom. The van der Waals surface area contributed by atoms with Crippen LogP contribution in [-0.4, -0.2) is 33.5 Å². The number of hydrogen-bond donors (Lipinski definition) is 1. The molecule has 0 bridgehead atoms. The van der Waals surface area contributed by atoms with E-state index in [0.29, 0.717) is 24.8 Å². The zero-order chi connectivity index (χ0) is 28.5. The molecule has 4 nitrogen and oxygen atoms in total. The molecule has 4 aromatic rings. The van der Waals surface area contributed by atoms with Crippen molar-refractivity contribution in [2.24, 2.45) is 7.05 Å². The third kappa shape index (κ3) is 8.15. The average molecular weight is 560 g/mol. The maximum absolute atomic E-state index is 13.7. The minimum absolute atomic E-state index is 0.0451. The molecule has 1 atom stereocenters. The molecule has 3 aromatic carbocycles. The molecule has 0 fully saturated rings. The molecule has 0 aliphatic heterocycles. The fourth-order valence-corrected chi connectivity index (χ4v) is 5.15. The summed E-state index contributed by atoms with van der Waals surface area (Å²) in [6, 6.07) is 18.9. The van der Waals surface area contributed by atoms with E-state index in [1.165, 1.54) is 24.3 Å². The van der Waals surface area contributed by atoms with E-state index in [9.17, 15) is 13.6 Å². The maximum Gasteiger partial charge on any atom is 0.251 e. The van der Waals surface area contributed by atoms with Gasteiger partial charge in [-0.2, -0.15) is 11.8 Å². The first kappa shape index (κ1) is 29.3. The number of rotatable bonds is 12. The van der Waals surface area contributed by atoms with Crippen molar-refractivity contribution in [3.63, 3.8) is 0 Å². The van der Waals surface area contributed by atoms with Gasteiger partial charge in [0.05, 0.1) is 6.33 Å². The van der Waals surface area contributed by atoms with E-state index < -0.39 is 0 Å². The Morgan fingerprint density at radius 3 is 2.38 bits per heavy atom. The molecule has 0 aliphatic rings. The first-order valence-electron chi connectivity index (χ1n) is 13.4. The molecule has 0 radical (unpaired) electrons. The van der Waals surface area contributed by atoms with Gasteiger partial charge < -0.3 is 9.88 Å². The number of carbonyl (C=O) groups is 1. The summed E-state index contributed by atoms with van der Waals surface area (Å²) >= 11 is 1.76. The van der Waals surface area contributed by atoms with Gasteiger partial charge in [-0.3, -0.25) is 4.79 Å². The second kappa shape index (κ2) is 14.1. The Hall–Kier alpha value is -3.71. The molecule has 7 heteroatoms. The number of thioether (sulfide) groups is 1. The van der Waals surface area contributed by atoms with Crippen LogP contribution >= 0.6 is 11.8 Å². The summed E-state index contributed by atoms with van der Waals surface area (Å²) in [7, 11) is 1.95. The number of aryl methyl sites for hydroxylation is 3. The topological polar surface area (TPSA) is 46.9 Å². The largest absolute Gasteiger partial charge is 0.350 e. The average Bonchev–Trinajstić information content (AvgIpc) is 3.36. The van der Waals surface area contributed by atoms with Crippen molar-refractivity contribution < 1.29 is 13.6 Å². The van der Waals surface area contributed by atoms with Crippen molar-refractivity contribution in [1.82, 2.24) is 14.9 Å². The predicted octanol–water partition coefficient (Wildman–Crippen LogP) is 7.14. The number of imidazole rings is 1. The number of aromatic nitrogens is 2. The van der Waals surface area contributed by atoms with Gasteiger partial charge in [0.15, 0.2) is 0 Å². The maximum atomic E-state index is 13.7. The number of benzene rings is 3. The number of nitrogens with zero attached hydrogens (tertiary/aromatic N) is 2. The highest BCUT2D eigenvalue weighted by Gasteiger charge is 2.16. The van der Waals surface area contributed by atoms with E-state index in [0.717, 1.165) is 45.7 Å². The summed E-state index contributed by atoms with van der Waals surface area (Å²) in [5, 5.41) is 3.16. The van der Waals surface area contributed by atoms with Crippen LogP contribution < -0.4 is 5.32 Å². The summed E-state index contributed by atoms with van der Waals surface area (Å²) in [5.74, 6) is 0.315. The van der Waals surface area contributed by atoms with Gasteiger partial charge in [0.1, 0.15) is 11.6 Å². The van der Waals surface area contributed by atoms with Crippen molar-refractivity contribution in [3.8, 4) is 0 Å². The molecule has 1 heterocycles. The second-order valence-electron chi connectivity index (χ2n) is 10.0. The fraction of sp³-hybridized carbons (Fsp3) is 0.273. The van der Waals surface area contributed by atoms with Crippen molar-refractivity contribution in [3.05, 3.63) is 124 Å². The van der Waals surface area contributed by atoms with E-state index in [2.05, 4.69) is 22.6 Å². The number of carbonyl (C=O) groups excluding carboxylic acids is 1. The summed E-state index contributed by atoms with van der Waals surface area (Å²) in [5.41, 5.74) is 6.37.